The molecule has 1 aliphatic heterocycles. The van der Waals surface area contributed by atoms with E-state index in [1.165, 1.54) is 11.0 Å². The summed E-state index contributed by atoms with van der Waals surface area (Å²) in [7, 11) is -3.42. The molecule has 22 heavy (non-hydrogen) atoms. The van der Waals surface area contributed by atoms with E-state index in [9.17, 15) is 8.42 Å². The first-order chi connectivity index (χ1) is 10.6. The molecule has 1 aromatic heterocycles. The minimum atomic E-state index is -3.42. The van der Waals surface area contributed by atoms with Gasteiger partial charge in [-0.15, -0.1) is 5.10 Å². The Balaban J connectivity index is 1.83. The number of rotatable bonds is 3. The van der Waals surface area contributed by atoms with Crippen LogP contribution >= 0.6 is 0 Å². The molecule has 0 bridgehead atoms. The lowest BCUT2D eigenvalue weighted by molar-refractivity contribution is 0.417. The van der Waals surface area contributed by atoms with Crippen LogP contribution in [0.2, 0.25) is 0 Å². The number of hydrogen-bond acceptors (Lipinski definition) is 5. The first-order valence-electron chi connectivity index (χ1n) is 7.41. The average Bonchev–Trinajstić information content (AvgIpc) is 2.96. The van der Waals surface area contributed by atoms with Gasteiger partial charge < -0.3 is 0 Å². The molecule has 1 saturated heterocycles. The summed E-state index contributed by atoms with van der Waals surface area (Å²) < 4.78 is 28.5. The fourth-order valence-corrected chi connectivity index (χ4v) is 4.17. The van der Waals surface area contributed by atoms with E-state index < -0.39 is 10.0 Å². The molecule has 0 spiro atoms. The molecule has 8 heteroatoms. The summed E-state index contributed by atoms with van der Waals surface area (Å²) in [6.45, 7) is 3.37. The zero-order valence-corrected chi connectivity index (χ0v) is 13.3. The third-order valence-electron chi connectivity index (χ3n) is 4.06. The van der Waals surface area contributed by atoms with E-state index in [2.05, 4.69) is 22.4 Å². The summed E-state index contributed by atoms with van der Waals surface area (Å²) in [6.07, 6.45) is 4.40. The van der Waals surface area contributed by atoms with Crippen molar-refractivity contribution >= 4 is 10.0 Å². The van der Waals surface area contributed by atoms with Crippen LogP contribution in [0.3, 0.4) is 0 Å². The smallest absolute Gasteiger partial charge is 0.207 e. The predicted octanol–water partition coefficient (Wildman–Crippen LogP) is 1.47. The van der Waals surface area contributed by atoms with Gasteiger partial charge in [-0.2, -0.15) is 4.31 Å². The van der Waals surface area contributed by atoms with Gasteiger partial charge >= 0.3 is 0 Å². The summed E-state index contributed by atoms with van der Waals surface area (Å²) in [6, 6.07) is 6.65. The maximum atomic E-state index is 12.7. The second-order valence-corrected chi connectivity index (χ2v) is 7.63. The van der Waals surface area contributed by atoms with Gasteiger partial charge in [0, 0.05) is 13.1 Å². The van der Waals surface area contributed by atoms with E-state index >= 15 is 0 Å². The van der Waals surface area contributed by atoms with E-state index in [-0.39, 0.29) is 0 Å². The molecule has 3 rings (SSSR count). The van der Waals surface area contributed by atoms with Crippen molar-refractivity contribution in [1.82, 2.24) is 24.5 Å². The molecule has 0 saturated carbocycles. The lowest BCUT2D eigenvalue weighted by Gasteiger charge is -2.20. The van der Waals surface area contributed by atoms with Crippen molar-refractivity contribution in [3.05, 3.63) is 30.6 Å². The summed E-state index contributed by atoms with van der Waals surface area (Å²) in [4.78, 5) is 0.318. The van der Waals surface area contributed by atoms with Crippen molar-refractivity contribution in [2.24, 2.45) is 5.92 Å². The third-order valence-corrected chi connectivity index (χ3v) is 5.98. The Hall–Kier alpha value is -1.80. The predicted molar refractivity (Wildman–Crippen MR) is 80.9 cm³/mol. The highest BCUT2D eigenvalue weighted by atomic mass is 32.2. The fraction of sp³-hybridized carbons (Fsp3) is 0.500. The Morgan fingerprint density at radius 1 is 1.14 bits per heavy atom. The number of hydrogen-bond donors (Lipinski definition) is 0. The highest BCUT2D eigenvalue weighted by molar-refractivity contribution is 7.89. The van der Waals surface area contributed by atoms with Crippen molar-refractivity contribution in [2.45, 2.75) is 31.1 Å². The van der Waals surface area contributed by atoms with Crippen molar-refractivity contribution in [3.8, 4) is 5.69 Å². The summed E-state index contributed by atoms with van der Waals surface area (Å²) >= 11 is 0. The highest BCUT2D eigenvalue weighted by Gasteiger charge is 2.26. The minimum absolute atomic E-state index is 0.318. The summed E-state index contributed by atoms with van der Waals surface area (Å²) in [5.74, 6) is 0.586. The van der Waals surface area contributed by atoms with E-state index in [0.717, 1.165) is 24.9 Å². The Bertz CT molecular complexity index is 712. The molecule has 1 atom stereocenters. The highest BCUT2D eigenvalue weighted by Crippen LogP contribution is 2.23. The van der Waals surface area contributed by atoms with Crippen LogP contribution in [0.25, 0.3) is 5.69 Å². The number of sulfonamides is 1. The molecule has 118 valence electrons. The van der Waals surface area contributed by atoms with Gasteiger partial charge in [0.15, 0.2) is 0 Å². The summed E-state index contributed by atoms with van der Waals surface area (Å²) in [5.41, 5.74) is 0.730. The van der Waals surface area contributed by atoms with Crippen LogP contribution in [0.5, 0.6) is 0 Å². The van der Waals surface area contributed by atoms with Crippen molar-refractivity contribution in [2.75, 3.05) is 13.1 Å². The fourth-order valence-electron chi connectivity index (χ4n) is 2.68. The second kappa shape index (κ2) is 6.13. The van der Waals surface area contributed by atoms with E-state index in [1.807, 2.05) is 0 Å². The molecule has 7 nitrogen and oxygen atoms in total. The average molecular weight is 321 g/mol. The van der Waals surface area contributed by atoms with Crippen LogP contribution < -0.4 is 0 Å². The normalized spacial score (nSPS) is 20.7. The van der Waals surface area contributed by atoms with E-state index in [4.69, 9.17) is 0 Å². The molecule has 0 radical (unpaired) electrons. The minimum Gasteiger partial charge on any atom is -0.207 e. The number of tetrazole rings is 1. The Morgan fingerprint density at radius 2 is 1.91 bits per heavy atom. The topological polar surface area (TPSA) is 81.0 Å². The van der Waals surface area contributed by atoms with E-state index in [0.29, 0.717) is 23.9 Å². The Labute approximate surface area is 130 Å². The molecule has 1 aliphatic rings. The largest absolute Gasteiger partial charge is 0.243 e. The van der Waals surface area contributed by atoms with Crippen LogP contribution in [-0.2, 0) is 10.0 Å². The van der Waals surface area contributed by atoms with Crippen LogP contribution in [0.4, 0.5) is 0 Å². The van der Waals surface area contributed by atoms with Gasteiger partial charge in [0.2, 0.25) is 10.0 Å². The van der Waals surface area contributed by atoms with Gasteiger partial charge in [0.05, 0.1) is 10.6 Å². The van der Waals surface area contributed by atoms with Crippen LogP contribution in [-0.4, -0.2) is 46.0 Å². The van der Waals surface area contributed by atoms with Crippen molar-refractivity contribution < 1.29 is 8.42 Å². The molecule has 1 aromatic carbocycles. The van der Waals surface area contributed by atoms with Gasteiger partial charge in [-0.25, -0.2) is 13.1 Å². The number of aromatic nitrogens is 4. The lowest BCUT2D eigenvalue weighted by atomic mass is 10.0. The third kappa shape index (κ3) is 3.02. The summed E-state index contributed by atoms with van der Waals surface area (Å²) in [5, 5.41) is 10.9. The van der Waals surface area contributed by atoms with Gasteiger partial charge in [-0.1, -0.05) is 6.92 Å². The first kappa shape index (κ1) is 15.1. The molecule has 1 unspecified atom stereocenters. The molecule has 0 amide bonds. The van der Waals surface area contributed by atoms with Gasteiger partial charge in [0.25, 0.3) is 0 Å². The molecule has 2 heterocycles. The monoisotopic (exact) mass is 321 g/mol. The zero-order chi connectivity index (χ0) is 15.6. The standard InChI is InChI=1S/C14H19N5O2S/c1-12-3-2-9-18(10-8-12)22(20,21)14-6-4-13(5-7-14)19-11-15-16-17-19/h4-7,11-12H,2-3,8-10H2,1H3. The van der Waals surface area contributed by atoms with Crippen LogP contribution in [0.15, 0.2) is 35.5 Å². The Morgan fingerprint density at radius 3 is 2.59 bits per heavy atom. The van der Waals surface area contributed by atoms with Gasteiger partial charge in [-0.05, 0) is 59.9 Å². The van der Waals surface area contributed by atoms with Crippen molar-refractivity contribution in [1.29, 1.82) is 0 Å². The molecule has 1 fully saturated rings. The van der Waals surface area contributed by atoms with Crippen LogP contribution in [0.1, 0.15) is 26.2 Å². The van der Waals surface area contributed by atoms with Gasteiger partial charge in [0.1, 0.15) is 6.33 Å². The molecule has 0 N–H and O–H groups in total. The second-order valence-electron chi connectivity index (χ2n) is 5.69. The lowest BCUT2D eigenvalue weighted by Crippen LogP contribution is -2.32. The van der Waals surface area contributed by atoms with Crippen LogP contribution in [0, 0.1) is 5.92 Å². The maximum Gasteiger partial charge on any atom is 0.243 e. The SMILES string of the molecule is CC1CCCN(S(=O)(=O)c2ccc(-n3cnnn3)cc2)CC1. The zero-order valence-electron chi connectivity index (χ0n) is 12.5. The van der Waals surface area contributed by atoms with Crippen molar-refractivity contribution in [3.63, 3.8) is 0 Å². The molecular formula is C14H19N5O2S. The van der Waals surface area contributed by atoms with E-state index in [1.54, 1.807) is 28.6 Å². The van der Waals surface area contributed by atoms with Gasteiger partial charge in [-0.3, -0.25) is 0 Å². The molecule has 2 aromatic rings. The quantitative estimate of drug-likeness (QED) is 0.855. The Kier molecular flexibility index (Phi) is 4.21. The molecular weight excluding hydrogens is 302 g/mol. The molecule has 0 aliphatic carbocycles. The number of nitrogens with zero attached hydrogens (tertiary/aromatic N) is 5. The number of benzene rings is 1. The first-order valence-corrected chi connectivity index (χ1v) is 8.85. The maximum absolute atomic E-state index is 12.7.